The van der Waals surface area contributed by atoms with Crippen molar-refractivity contribution in [1.29, 1.82) is 0 Å². The van der Waals surface area contributed by atoms with Crippen LogP contribution < -0.4 is 4.74 Å². The minimum Gasteiger partial charge on any atom is -0.491 e. The number of aliphatic hydroxyl groups is 1. The zero-order valence-electron chi connectivity index (χ0n) is 8.67. The zero-order chi connectivity index (χ0) is 10.7. The third-order valence-electron chi connectivity index (χ3n) is 2.03. The summed E-state index contributed by atoms with van der Waals surface area (Å²) in [5.74, 6) is -0.139. The maximum absolute atomic E-state index is 13.4. The number of benzene rings is 1. The molecule has 1 atom stereocenters. The molecule has 0 radical (unpaired) electrons. The van der Waals surface area contributed by atoms with Gasteiger partial charge in [-0.2, -0.15) is 0 Å². The molecule has 1 N–H and O–H groups in total. The molecule has 0 aliphatic rings. The Kier molecular flexibility index (Phi) is 3.47. The monoisotopic (exact) mass is 198 g/mol. The number of rotatable bonds is 3. The summed E-state index contributed by atoms with van der Waals surface area (Å²) in [5, 5.41) is 9.35. The molecule has 0 bridgehead atoms. The number of hydrogen-bond donors (Lipinski definition) is 1. The van der Waals surface area contributed by atoms with Gasteiger partial charge in [-0.1, -0.05) is 6.07 Å². The van der Waals surface area contributed by atoms with Crippen LogP contribution in [-0.2, 0) is 0 Å². The summed E-state index contributed by atoms with van der Waals surface area (Å²) in [6, 6.07) is 3.17. The Morgan fingerprint density at radius 3 is 2.64 bits per heavy atom. The van der Waals surface area contributed by atoms with Gasteiger partial charge in [0.25, 0.3) is 0 Å². The highest BCUT2D eigenvalue weighted by atomic mass is 19.1. The third kappa shape index (κ3) is 2.23. The van der Waals surface area contributed by atoms with Crippen LogP contribution in [0.4, 0.5) is 4.39 Å². The van der Waals surface area contributed by atoms with Gasteiger partial charge in [0, 0.05) is 0 Å². The second-order valence-electron chi connectivity index (χ2n) is 3.26. The first-order chi connectivity index (χ1) is 6.56. The van der Waals surface area contributed by atoms with E-state index in [0.29, 0.717) is 17.7 Å². The summed E-state index contributed by atoms with van der Waals surface area (Å²) in [5.41, 5.74) is 1.17. The topological polar surface area (TPSA) is 29.5 Å². The van der Waals surface area contributed by atoms with Crippen LogP contribution >= 0.6 is 0 Å². The Labute approximate surface area is 83.3 Å². The van der Waals surface area contributed by atoms with Crippen LogP contribution in [0.3, 0.4) is 0 Å². The number of halogens is 1. The lowest BCUT2D eigenvalue weighted by atomic mass is 10.1. The van der Waals surface area contributed by atoms with Crippen molar-refractivity contribution in [2.24, 2.45) is 0 Å². The van der Waals surface area contributed by atoms with E-state index in [4.69, 9.17) is 4.74 Å². The molecular formula is C11H15FO2. The summed E-state index contributed by atoms with van der Waals surface area (Å²) in [4.78, 5) is 0. The summed E-state index contributed by atoms with van der Waals surface area (Å²) >= 11 is 0. The van der Waals surface area contributed by atoms with E-state index in [9.17, 15) is 9.50 Å². The van der Waals surface area contributed by atoms with Gasteiger partial charge in [0.1, 0.15) is 0 Å². The second-order valence-corrected chi connectivity index (χ2v) is 3.26. The van der Waals surface area contributed by atoms with Crippen molar-refractivity contribution >= 4 is 0 Å². The van der Waals surface area contributed by atoms with Gasteiger partial charge in [-0.15, -0.1) is 0 Å². The molecule has 0 aromatic heterocycles. The number of hydrogen-bond acceptors (Lipinski definition) is 2. The number of aryl methyl sites for hydroxylation is 1. The molecule has 1 unspecified atom stereocenters. The maximum atomic E-state index is 13.4. The van der Waals surface area contributed by atoms with Crippen LogP contribution in [0.2, 0.25) is 0 Å². The Morgan fingerprint density at radius 1 is 1.50 bits per heavy atom. The van der Waals surface area contributed by atoms with E-state index in [1.54, 1.807) is 26.8 Å². The van der Waals surface area contributed by atoms with E-state index < -0.39 is 6.10 Å². The highest BCUT2D eigenvalue weighted by molar-refractivity contribution is 5.36. The molecule has 1 rings (SSSR count). The molecule has 3 heteroatoms. The number of aliphatic hydroxyl groups excluding tert-OH is 1. The van der Waals surface area contributed by atoms with Gasteiger partial charge in [0.2, 0.25) is 0 Å². The fourth-order valence-electron chi connectivity index (χ4n) is 1.27. The summed E-state index contributed by atoms with van der Waals surface area (Å²) in [6.45, 7) is 5.51. The zero-order valence-corrected chi connectivity index (χ0v) is 8.67. The minimum atomic E-state index is -0.603. The molecule has 0 saturated carbocycles. The lowest BCUT2D eigenvalue weighted by Crippen LogP contribution is -2.00. The smallest absolute Gasteiger partial charge is 0.167 e. The van der Waals surface area contributed by atoms with E-state index in [1.165, 1.54) is 6.07 Å². The van der Waals surface area contributed by atoms with Gasteiger partial charge < -0.3 is 9.84 Å². The van der Waals surface area contributed by atoms with Crippen molar-refractivity contribution in [2.75, 3.05) is 6.61 Å². The van der Waals surface area contributed by atoms with Gasteiger partial charge in [-0.25, -0.2) is 4.39 Å². The molecule has 0 aliphatic heterocycles. The summed E-state index contributed by atoms with van der Waals surface area (Å²) in [6.07, 6.45) is -0.603. The van der Waals surface area contributed by atoms with Gasteiger partial charge >= 0.3 is 0 Å². The Hall–Kier alpha value is -1.09. The van der Waals surface area contributed by atoms with Crippen molar-refractivity contribution < 1.29 is 14.2 Å². The largest absolute Gasteiger partial charge is 0.491 e. The van der Waals surface area contributed by atoms with Crippen LogP contribution in [0.5, 0.6) is 5.75 Å². The standard InChI is InChI=1S/C11H15FO2/c1-4-14-10-6-9(8(3)13)5-7(2)11(10)12/h5-6,8,13H,4H2,1-3H3. The normalized spacial score (nSPS) is 12.6. The van der Waals surface area contributed by atoms with Crippen LogP contribution in [0.15, 0.2) is 12.1 Å². The van der Waals surface area contributed by atoms with Crippen molar-refractivity contribution in [3.63, 3.8) is 0 Å². The highest BCUT2D eigenvalue weighted by Gasteiger charge is 2.11. The first-order valence-corrected chi connectivity index (χ1v) is 4.67. The van der Waals surface area contributed by atoms with E-state index in [0.717, 1.165) is 0 Å². The van der Waals surface area contributed by atoms with Crippen LogP contribution in [0, 0.1) is 12.7 Å². The minimum absolute atomic E-state index is 0.211. The Balaban J connectivity index is 3.14. The SMILES string of the molecule is CCOc1cc(C(C)O)cc(C)c1F. The average Bonchev–Trinajstić information content (AvgIpc) is 2.12. The maximum Gasteiger partial charge on any atom is 0.167 e. The lowest BCUT2D eigenvalue weighted by molar-refractivity contribution is 0.198. The van der Waals surface area contributed by atoms with E-state index in [2.05, 4.69) is 0 Å². The predicted molar refractivity (Wildman–Crippen MR) is 52.9 cm³/mol. The lowest BCUT2D eigenvalue weighted by Gasteiger charge is -2.11. The van der Waals surface area contributed by atoms with E-state index in [-0.39, 0.29) is 11.6 Å². The van der Waals surface area contributed by atoms with Crippen molar-refractivity contribution in [2.45, 2.75) is 26.9 Å². The van der Waals surface area contributed by atoms with E-state index in [1.807, 2.05) is 0 Å². The van der Waals surface area contributed by atoms with E-state index >= 15 is 0 Å². The fraction of sp³-hybridized carbons (Fsp3) is 0.455. The predicted octanol–water partition coefficient (Wildman–Crippen LogP) is 2.59. The van der Waals surface area contributed by atoms with Crippen molar-refractivity contribution in [3.05, 3.63) is 29.1 Å². The second kappa shape index (κ2) is 4.42. The molecule has 1 aromatic carbocycles. The van der Waals surface area contributed by atoms with Gasteiger partial charge in [-0.05, 0) is 38.0 Å². The fourth-order valence-corrected chi connectivity index (χ4v) is 1.27. The van der Waals surface area contributed by atoms with Gasteiger partial charge in [-0.3, -0.25) is 0 Å². The molecule has 78 valence electrons. The molecule has 2 nitrogen and oxygen atoms in total. The first-order valence-electron chi connectivity index (χ1n) is 4.67. The van der Waals surface area contributed by atoms with Crippen molar-refractivity contribution in [1.82, 2.24) is 0 Å². The molecule has 0 saturated heterocycles. The van der Waals surface area contributed by atoms with Crippen LogP contribution in [-0.4, -0.2) is 11.7 Å². The molecule has 0 aliphatic carbocycles. The van der Waals surface area contributed by atoms with Crippen LogP contribution in [0.25, 0.3) is 0 Å². The molecule has 0 amide bonds. The molecule has 1 aromatic rings. The Morgan fingerprint density at radius 2 is 2.14 bits per heavy atom. The molecule has 0 spiro atoms. The quantitative estimate of drug-likeness (QED) is 0.808. The Bertz CT molecular complexity index is 321. The molecule has 0 heterocycles. The highest BCUT2D eigenvalue weighted by Crippen LogP contribution is 2.25. The van der Waals surface area contributed by atoms with Gasteiger partial charge in [0.05, 0.1) is 12.7 Å². The summed E-state index contributed by atoms with van der Waals surface area (Å²) in [7, 11) is 0. The van der Waals surface area contributed by atoms with Gasteiger partial charge in [0.15, 0.2) is 11.6 Å². The van der Waals surface area contributed by atoms with Crippen LogP contribution in [0.1, 0.15) is 31.1 Å². The number of ether oxygens (including phenoxy) is 1. The average molecular weight is 198 g/mol. The molecule has 14 heavy (non-hydrogen) atoms. The first kappa shape index (κ1) is 11.0. The summed E-state index contributed by atoms with van der Waals surface area (Å²) < 4.78 is 18.5. The molecule has 0 fully saturated rings. The van der Waals surface area contributed by atoms with Crippen molar-refractivity contribution in [3.8, 4) is 5.75 Å². The third-order valence-corrected chi connectivity index (χ3v) is 2.03. The molecular weight excluding hydrogens is 183 g/mol.